The second-order valence-corrected chi connectivity index (χ2v) is 13.6. The number of nitrogens with one attached hydrogen (secondary N) is 1. The van der Waals surface area contributed by atoms with Gasteiger partial charge in [0.25, 0.3) is 5.91 Å². The fourth-order valence-corrected chi connectivity index (χ4v) is 7.28. The molecule has 216 valence electrons. The van der Waals surface area contributed by atoms with Crippen molar-refractivity contribution in [3.8, 4) is 0 Å². The first kappa shape index (κ1) is 28.6. The van der Waals surface area contributed by atoms with E-state index in [1.807, 2.05) is 6.92 Å². The summed E-state index contributed by atoms with van der Waals surface area (Å²) in [6.07, 6.45) is 3.44. The first-order valence-corrected chi connectivity index (χ1v) is 15.7. The van der Waals surface area contributed by atoms with Crippen molar-refractivity contribution in [2.75, 3.05) is 44.8 Å². The Balaban J connectivity index is 1.26. The Kier molecular flexibility index (Phi) is 8.80. The number of benzene rings is 1. The quantitative estimate of drug-likeness (QED) is 0.307. The third-order valence-electron chi connectivity index (χ3n) is 7.14. The molecule has 1 saturated carbocycles. The SMILES string of the molecule is C[C@H]1CN(Cc2cnc(NC(=O)C(=NO[C@@H]3CCOC3)c3ccc(S(=O)(=O)C4CC4)cc3)s2)CCN1C(=O)CO. The van der Waals surface area contributed by atoms with Crippen LogP contribution in [0.25, 0.3) is 0 Å². The molecule has 3 heterocycles. The molecule has 12 nitrogen and oxygen atoms in total. The van der Waals surface area contributed by atoms with Crippen LogP contribution in [0.1, 0.15) is 36.6 Å². The first-order valence-electron chi connectivity index (χ1n) is 13.3. The standard InChI is InChI=1S/C26H33N5O7S2/c1-17-13-30(9-10-31(17)23(33)15-32)14-20-12-27-26(39-20)28-25(34)24(29-38-19-8-11-37-16-19)18-2-4-21(5-3-18)40(35,36)22-6-7-22/h2-5,12,17,19,22,32H,6-11,13-16H2,1H3,(H,27,28,34)/t17-,19+/m0/s1. The fraction of sp³-hybridized carbons (Fsp3) is 0.538. The van der Waals surface area contributed by atoms with E-state index in [4.69, 9.17) is 14.7 Å². The Morgan fingerprint density at radius 2 is 2.00 bits per heavy atom. The van der Waals surface area contributed by atoms with Crippen molar-refractivity contribution in [2.45, 2.75) is 55.0 Å². The molecule has 5 rings (SSSR count). The molecule has 2 saturated heterocycles. The molecule has 40 heavy (non-hydrogen) atoms. The maximum absolute atomic E-state index is 13.3. The molecule has 2 atom stereocenters. The van der Waals surface area contributed by atoms with Crippen molar-refractivity contribution < 1.29 is 32.7 Å². The second-order valence-electron chi connectivity index (χ2n) is 10.2. The van der Waals surface area contributed by atoms with Gasteiger partial charge in [-0.15, -0.1) is 11.3 Å². The molecule has 1 aliphatic carbocycles. The molecular weight excluding hydrogens is 558 g/mol. The van der Waals surface area contributed by atoms with E-state index in [1.165, 1.54) is 23.5 Å². The average Bonchev–Trinajstić information content (AvgIpc) is 3.53. The Morgan fingerprint density at radius 3 is 2.65 bits per heavy atom. The molecule has 0 unspecified atom stereocenters. The molecule has 3 fully saturated rings. The molecule has 1 aromatic heterocycles. The minimum absolute atomic E-state index is 0.0116. The monoisotopic (exact) mass is 591 g/mol. The lowest BCUT2D eigenvalue weighted by Gasteiger charge is -2.39. The van der Waals surface area contributed by atoms with Crippen LogP contribution in [0.15, 0.2) is 40.5 Å². The van der Waals surface area contributed by atoms with Gasteiger partial charge in [-0.2, -0.15) is 0 Å². The third-order valence-corrected chi connectivity index (χ3v) is 10.3. The first-order chi connectivity index (χ1) is 19.2. The summed E-state index contributed by atoms with van der Waals surface area (Å²) in [7, 11) is -3.36. The molecule has 2 N–H and O–H groups in total. The van der Waals surface area contributed by atoms with E-state index in [0.717, 1.165) is 4.88 Å². The van der Waals surface area contributed by atoms with E-state index in [1.54, 1.807) is 23.2 Å². The smallest absolute Gasteiger partial charge is 0.280 e. The number of rotatable bonds is 10. The molecule has 0 spiro atoms. The molecule has 1 aromatic carbocycles. The number of hydrogen-bond donors (Lipinski definition) is 2. The molecule has 3 aliphatic rings. The van der Waals surface area contributed by atoms with Crippen LogP contribution < -0.4 is 5.32 Å². The summed E-state index contributed by atoms with van der Waals surface area (Å²) >= 11 is 1.34. The minimum Gasteiger partial charge on any atom is -0.389 e. The van der Waals surface area contributed by atoms with E-state index in [2.05, 4.69) is 20.4 Å². The number of amides is 2. The molecular formula is C26H33N5O7S2. The number of aliphatic hydroxyl groups is 1. The van der Waals surface area contributed by atoms with Crippen molar-refractivity contribution in [2.24, 2.45) is 5.16 Å². The van der Waals surface area contributed by atoms with Crippen LogP contribution in [-0.2, 0) is 35.5 Å². The molecule has 0 bridgehead atoms. The number of carbonyl (C=O) groups excluding carboxylic acids is 2. The Hall–Kier alpha value is -2.91. The fourth-order valence-electron chi connectivity index (χ4n) is 4.77. The summed E-state index contributed by atoms with van der Waals surface area (Å²) in [5.41, 5.74) is 0.435. The minimum atomic E-state index is -3.36. The number of aliphatic hydroxyl groups excluding tert-OH is 1. The summed E-state index contributed by atoms with van der Waals surface area (Å²) in [5, 5.41) is 16.2. The highest BCUT2D eigenvalue weighted by atomic mass is 32.2. The lowest BCUT2D eigenvalue weighted by Crippen LogP contribution is -2.54. The number of carbonyl (C=O) groups is 2. The largest absolute Gasteiger partial charge is 0.389 e. The van der Waals surface area contributed by atoms with Gasteiger partial charge in [0, 0.05) is 55.3 Å². The van der Waals surface area contributed by atoms with Crippen LogP contribution in [0, 0.1) is 0 Å². The number of hydrogen-bond acceptors (Lipinski definition) is 11. The number of anilines is 1. The number of piperazine rings is 1. The molecule has 14 heteroatoms. The number of nitrogens with zero attached hydrogens (tertiary/aromatic N) is 4. The van der Waals surface area contributed by atoms with E-state index >= 15 is 0 Å². The summed E-state index contributed by atoms with van der Waals surface area (Å²) in [6, 6.07) is 6.12. The average molecular weight is 592 g/mol. The zero-order chi connectivity index (χ0) is 28.3. The van der Waals surface area contributed by atoms with Crippen LogP contribution in [0.4, 0.5) is 5.13 Å². The number of aromatic nitrogens is 1. The number of sulfone groups is 1. The van der Waals surface area contributed by atoms with Gasteiger partial charge in [0.1, 0.15) is 6.61 Å². The summed E-state index contributed by atoms with van der Waals surface area (Å²) in [6.45, 7) is 4.88. The van der Waals surface area contributed by atoms with Gasteiger partial charge in [0.15, 0.2) is 26.8 Å². The summed E-state index contributed by atoms with van der Waals surface area (Å²) in [4.78, 5) is 40.2. The van der Waals surface area contributed by atoms with Crippen molar-refractivity contribution in [1.82, 2.24) is 14.8 Å². The molecule has 2 amide bonds. The summed E-state index contributed by atoms with van der Waals surface area (Å²) in [5.74, 6) is -0.793. The van der Waals surface area contributed by atoms with E-state index in [-0.39, 0.29) is 33.9 Å². The predicted molar refractivity (Wildman–Crippen MR) is 148 cm³/mol. The topological polar surface area (TPSA) is 151 Å². The van der Waals surface area contributed by atoms with Gasteiger partial charge in [0.05, 0.1) is 23.4 Å². The highest BCUT2D eigenvalue weighted by molar-refractivity contribution is 7.92. The van der Waals surface area contributed by atoms with Crippen LogP contribution in [0.3, 0.4) is 0 Å². The Morgan fingerprint density at radius 1 is 1.23 bits per heavy atom. The number of ether oxygens (including phenoxy) is 1. The normalized spacial score (nSPS) is 22.4. The van der Waals surface area contributed by atoms with Gasteiger partial charge in [-0.05, 0) is 31.9 Å². The zero-order valence-corrected chi connectivity index (χ0v) is 23.8. The lowest BCUT2D eigenvalue weighted by atomic mass is 10.1. The highest BCUT2D eigenvalue weighted by Gasteiger charge is 2.37. The second kappa shape index (κ2) is 12.3. The Labute approximate surface area is 236 Å². The van der Waals surface area contributed by atoms with Crippen LogP contribution in [0.5, 0.6) is 0 Å². The molecule has 2 aromatic rings. The van der Waals surface area contributed by atoms with E-state index < -0.39 is 22.4 Å². The van der Waals surface area contributed by atoms with Gasteiger partial charge in [-0.1, -0.05) is 17.3 Å². The van der Waals surface area contributed by atoms with E-state index in [9.17, 15) is 18.0 Å². The Bertz CT molecular complexity index is 1350. The van der Waals surface area contributed by atoms with Gasteiger partial charge in [-0.25, -0.2) is 13.4 Å². The third kappa shape index (κ3) is 6.69. The van der Waals surface area contributed by atoms with Crippen molar-refractivity contribution >= 4 is 43.8 Å². The highest BCUT2D eigenvalue weighted by Crippen LogP contribution is 2.33. The van der Waals surface area contributed by atoms with Crippen molar-refractivity contribution in [3.05, 3.63) is 40.9 Å². The lowest BCUT2D eigenvalue weighted by molar-refractivity contribution is -0.138. The van der Waals surface area contributed by atoms with Gasteiger partial charge in [0.2, 0.25) is 5.91 Å². The predicted octanol–water partition coefficient (Wildman–Crippen LogP) is 1.25. The van der Waals surface area contributed by atoms with Gasteiger partial charge in [-0.3, -0.25) is 19.8 Å². The maximum atomic E-state index is 13.3. The molecule has 0 radical (unpaired) electrons. The van der Waals surface area contributed by atoms with Crippen molar-refractivity contribution in [3.63, 3.8) is 0 Å². The van der Waals surface area contributed by atoms with Gasteiger partial charge >= 0.3 is 0 Å². The van der Waals surface area contributed by atoms with Crippen LogP contribution in [-0.4, -0.2) is 103 Å². The van der Waals surface area contributed by atoms with Crippen molar-refractivity contribution in [1.29, 1.82) is 0 Å². The number of oxime groups is 1. The zero-order valence-electron chi connectivity index (χ0n) is 22.2. The van der Waals surface area contributed by atoms with Crippen LogP contribution >= 0.6 is 11.3 Å². The maximum Gasteiger partial charge on any atom is 0.280 e. The number of thiazole rings is 1. The van der Waals surface area contributed by atoms with Gasteiger partial charge < -0.3 is 19.6 Å². The molecule has 2 aliphatic heterocycles. The van der Waals surface area contributed by atoms with E-state index in [0.29, 0.717) is 69.4 Å². The summed E-state index contributed by atoms with van der Waals surface area (Å²) < 4.78 is 30.5. The van der Waals surface area contributed by atoms with Crippen LogP contribution in [0.2, 0.25) is 0 Å².